The first kappa shape index (κ1) is 22.0. The van der Waals surface area contributed by atoms with Crippen LogP contribution < -0.4 is 19.5 Å². The number of thiocarbonyl (C=S) groups is 1. The van der Waals surface area contributed by atoms with E-state index in [-0.39, 0.29) is 23.9 Å². The summed E-state index contributed by atoms with van der Waals surface area (Å²) in [6.45, 7) is 5.51. The summed E-state index contributed by atoms with van der Waals surface area (Å²) in [5.74, 6) is 0.848. The molecule has 0 spiro atoms. The number of nitrogens with one attached hydrogen (secondary N) is 1. The van der Waals surface area contributed by atoms with Crippen molar-refractivity contribution in [1.82, 2.24) is 10.2 Å². The van der Waals surface area contributed by atoms with Gasteiger partial charge in [-0.3, -0.25) is 14.5 Å². The Kier molecular flexibility index (Phi) is 6.95. The van der Waals surface area contributed by atoms with Crippen molar-refractivity contribution in [2.75, 3.05) is 27.9 Å². The quantitative estimate of drug-likeness (QED) is 0.556. The lowest BCUT2D eigenvalue weighted by molar-refractivity contribution is -0.129. The van der Waals surface area contributed by atoms with Crippen molar-refractivity contribution in [2.24, 2.45) is 0 Å². The van der Waals surface area contributed by atoms with Crippen LogP contribution in [0.4, 0.5) is 0 Å². The van der Waals surface area contributed by atoms with E-state index in [1.54, 1.807) is 18.2 Å². The number of ether oxygens (including phenoxy) is 3. The third-order valence-electron chi connectivity index (χ3n) is 3.67. The van der Waals surface area contributed by atoms with Gasteiger partial charge in [-0.2, -0.15) is 0 Å². The Morgan fingerprint density at radius 1 is 1.18 bits per heavy atom. The van der Waals surface area contributed by atoms with Crippen molar-refractivity contribution in [3.05, 3.63) is 22.6 Å². The van der Waals surface area contributed by atoms with E-state index in [0.717, 1.165) is 11.8 Å². The minimum absolute atomic E-state index is 0.117. The highest BCUT2D eigenvalue weighted by atomic mass is 32.2. The summed E-state index contributed by atoms with van der Waals surface area (Å²) in [5.41, 5.74) is 0.304. The van der Waals surface area contributed by atoms with Gasteiger partial charge in [-0.1, -0.05) is 24.0 Å². The fraction of sp³-hybridized carbons (Fsp3) is 0.421. The molecule has 0 saturated carbocycles. The van der Waals surface area contributed by atoms with E-state index in [4.69, 9.17) is 26.4 Å². The molecule has 1 aliphatic heterocycles. The molecule has 1 N–H and O–H groups in total. The van der Waals surface area contributed by atoms with Crippen LogP contribution in [0.2, 0.25) is 0 Å². The summed E-state index contributed by atoms with van der Waals surface area (Å²) in [6.07, 6.45) is 1.69. The van der Waals surface area contributed by atoms with Crippen molar-refractivity contribution >= 4 is 46.2 Å². The largest absolute Gasteiger partial charge is 0.493 e. The Morgan fingerprint density at radius 3 is 2.21 bits per heavy atom. The van der Waals surface area contributed by atoms with Crippen molar-refractivity contribution in [3.8, 4) is 17.2 Å². The molecule has 1 aromatic carbocycles. The van der Waals surface area contributed by atoms with Gasteiger partial charge in [0.1, 0.15) is 10.9 Å². The molecule has 0 aromatic heterocycles. The number of thioether (sulfide) groups is 1. The van der Waals surface area contributed by atoms with Gasteiger partial charge >= 0.3 is 0 Å². The number of hydrogen-bond acceptors (Lipinski definition) is 7. The van der Waals surface area contributed by atoms with Gasteiger partial charge in [-0.25, -0.2) is 0 Å². The summed E-state index contributed by atoms with van der Waals surface area (Å²) >= 11 is 6.43. The monoisotopic (exact) mass is 424 g/mol. The molecule has 1 aromatic rings. The van der Waals surface area contributed by atoms with E-state index in [9.17, 15) is 9.59 Å². The number of rotatable bonds is 6. The number of benzene rings is 1. The smallest absolute Gasteiger partial charge is 0.266 e. The van der Waals surface area contributed by atoms with E-state index < -0.39 is 0 Å². The van der Waals surface area contributed by atoms with E-state index in [1.165, 1.54) is 26.2 Å². The third kappa shape index (κ3) is 5.17. The van der Waals surface area contributed by atoms with Crippen LogP contribution in [0, 0.1) is 0 Å². The number of hydrogen-bond donors (Lipinski definition) is 1. The van der Waals surface area contributed by atoms with Crippen LogP contribution in [-0.4, -0.2) is 54.4 Å². The van der Waals surface area contributed by atoms with Crippen LogP contribution in [0.15, 0.2) is 17.0 Å². The second kappa shape index (κ2) is 8.83. The average Bonchev–Trinajstić information content (AvgIpc) is 2.86. The fourth-order valence-electron chi connectivity index (χ4n) is 2.57. The summed E-state index contributed by atoms with van der Waals surface area (Å²) in [7, 11) is 4.57. The maximum Gasteiger partial charge on any atom is 0.266 e. The van der Waals surface area contributed by atoms with E-state index in [0.29, 0.717) is 32.0 Å². The molecular weight excluding hydrogens is 400 g/mol. The molecule has 1 heterocycles. The van der Waals surface area contributed by atoms with Gasteiger partial charge in [0.2, 0.25) is 11.7 Å². The lowest BCUT2D eigenvalue weighted by Gasteiger charge is -2.22. The zero-order valence-corrected chi connectivity index (χ0v) is 18.4. The maximum atomic E-state index is 12.7. The van der Waals surface area contributed by atoms with Crippen LogP contribution in [0.3, 0.4) is 0 Å². The van der Waals surface area contributed by atoms with Crippen LogP contribution in [-0.2, 0) is 9.59 Å². The molecule has 0 aliphatic carbocycles. The van der Waals surface area contributed by atoms with E-state index >= 15 is 0 Å². The molecule has 0 bridgehead atoms. The molecule has 1 aliphatic rings. The molecule has 152 valence electrons. The van der Waals surface area contributed by atoms with Crippen LogP contribution in [0.1, 0.15) is 26.3 Å². The predicted molar refractivity (Wildman–Crippen MR) is 114 cm³/mol. The molecule has 28 heavy (non-hydrogen) atoms. The SMILES string of the molecule is COc1cc(/C=C2/SC(=S)N(CC(=O)NC(C)(C)C)C2=O)cc(OC)c1OC. The van der Waals surface area contributed by atoms with Crippen molar-refractivity contribution in [1.29, 1.82) is 0 Å². The fourth-order valence-corrected chi connectivity index (χ4v) is 3.83. The molecule has 1 saturated heterocycles. The highest BCUT2D eigenvalue weighted by Gasteiger charge is 2.34. The Hall–Kier alpha value is -2.26. The predicted octanol–water partition coefficient (Wildman–Crippen LogP) is 2.83. The molecule has 0 atom stereocenters. The normalized spacial score (nSPS) is 15.8. The lowest BCUT2D eigenvalue weighted by atomic mass is 10.1. The van der Waals surface area contributed by atoms with Gasteiger partial charge < -0.3 is 19.5 Å². The summed E-state index contributed by atoms with van der Waals surface area (Å²) in [5, 5.41) is 2.83. The van der Waals surface area contributed by atoms with Gasteiger partial charge in [0.05, 0.1) is 26.2 Å². The standard InChI is InChI=1S/C19H24N2O5S2/c1-19(2,3)20-15(22)10-21-17(23)14(28-18(21)27)9-11-7-12(24-4)16(26-6)13(8-11)25-5/h7-9H,10H2,1-6H3,(H,20,22)/b14-9+. The minimum atomic E-state index is -0.385. The zero-order chi connectivity index (χ0) is 21.1. The molecule has 9 heteroatoms. The number of carbonyl (C=O) groups is 2. The van der Waals surface area contributed by atoms with E-state index in [1.807, 2.05) is 20.8 Å². The minimum Gasteiger partial charge on any atom is -0.493 e. The van der Waals surface area contributed by atoms with Gasteiger partial charge in [0.25, 0.3) is 5.91 Å². The molecule has 7 nitrogen and oxygen atoms in total. The van der Waals surface area contributed by atoms with Gasteiger partial charge in [-0.05, 0) is 44.5 Å². The van der Waals surface area contributed by atoms with Crippen molar-refractivity contribution in [2.45, 2.75) is 26.3 Å². The number of amides is 2. The van der Waals surface area contributed by atoms with Crippen LogP contribution in [0.25, 0.3) is 6.08 Å². The first-order valence-electron chi connectivity index (χ1n) is 8.46. The summed E-state index contributed by atoms with van der Waals surface area (Å²) < 4.78 is 16.3. The molecule has 2 amide bonds. The summed E-state index contributed by atoms with van der Waals surface area (Å²) in [6, 6.07) is 3.47. The van der Waals surface area contributed by atoms with E-state index in [2.05, 4.69) is 5.32 Å². The zero-order valence-electron chi connectivity index (χ0n) is 16.7. The Balaban J connectivity index is 2.27. The molecule has 0 radical (unpaired) electrons. The van der Waals surface area contributed by atoms with Crippen LogP contribution in [0.5, 0.6) is 17.2 Å². The number of methoxy groups -OCH3 is 3. The lowest BCUT2D eigenvalue weighted by Crippen LogP contribution is -2.46. The Morgan fingerprint density at radius 2 is 1.75 bits per heavy atom. The first-order chi connectivity index (χ1) is 13.1. The topological polar surface area (TPSA) is 77.1 Å². The Bertz CT molecular complexity index is 805. The average molecular weight is 425 g/mol. The van der Waals surface area contributed by atoms with Gasteiger partial charge in [0.15, 0.2) is 11.5 Å². The van der Waals surface area contributed by atoms with Gasteiger partial charge in [-0.15, -0.1) is 0 Å². The van der Waals surface area contributed by atoms with Crippen molar-refractivity contribution < 1.29 is 23.8 Å². The molecular formula is C19H24N2O5S2. The van der Waals surface area contributed by atoms with Gasteiger partial charge in [0, 0.05) is 5.54 Å². The highest BCUT2D eigenvalue weighted by molar-refractivity contribution is 8.26. The second-order valence-electron chi connectivity index (χ2n) is 7.02. The number of carbonyl (C=O) groups excluding carboxylic acids is 2. The molecule has 0 unspecified atom stereocenters. The highest BCUT2D eigenvalue weighted by Crippen LogP contribution is 2.40. The molecule has 2 rings (SSSR count). The van der Waals surface area contributed by atoms with Crippen molar-refractivity contribution in [3.63, 3.8) is 0 Å². The second-order valence-corrected chi connectivity index (χ2v) is 8.70. The number of nitrogens with zero attached hydrogens (tertiary/aromatic N) is 1. The maximum absolute atomic E-state index is 12.7. The first-order valence-corrected chi connectivity index (χ1v) is 9.68. The third-order valence-corrected chi connectivity index (χ3v) is 5.05. The Labute approximate surface area is 174 Å². The molecule has 1 fully saturated rings. The summed E-state index contributed by atoms with van der Waals surface area (Å²) in [4.78, 5) is 26.6. The van der Waals surface area contributed by atoms with Crippen LogP contribution >= 0.6 is 24.0 Å².